The molecule has 1 heterocycles. The molecule has 0 atom stereocenters. The van der Waals surface area contributed by atoms with Gasteiger partial charge in [0.1, 0.15) is 5.58 Å². The second-order valence-electron chi connectivity index (χ2n) is 7.61. The van der Waals surface area contributed by atoms with Crippen molar-refractivity contribution in [2.75, 3.05) is 0 Å². The van der Waals surface area contributed by atoms with Gasteiger partial charge in [-0.3, -0.25) is 4.79 Å². The van der Waals surface area contributed by atoms with Gasteiger partial charge in [-0.1, -0.05) is 57.2 Å². The first-order chi connectivity index (χ1) is 13.0. The summed E-state index contributed by atoms with van der Waals surface area (Å²) in [5.41, 5.74) is 0.826. The lowest BCUT2D eigenvalue weighted by atomic mass is 9.85. The summed E-state index contributed by atoms with van der Waals surface area (Å²) in [6.45, 7) is 7.13. The molecule has 3 aromatic rings. The standard InChI is InChI=1S/C22H20F3NO2/c1-13(27)26-19(14-8-6-5-7-9-14)18-16-12-15(21(2,3)4)10-11-17(16)28-20(18)22(23,24)25/h5-12H,1-4H3. The van der Waals surface area contributed by atoms with E-state index >= 15 is 0 Å². The largest absolute Gasteiger partial charge is 0.451 e. The van der Waals surface area contributed by atoms with Crippen LogP contribution in [0, 0.1) is 0 Å². The van der Waals surface area contributed by atoms with E-state index in [0.29, 0.717) is 5.56 Å². The Bertz CT molecular complexity index is 1060. The molecular formula is C22H20F3NO2. The van der Waals surface area contributed by atoms with Gasteiger partial charge in [0.25, 0.3) is 0 Å². The third kappa shape index (κ3) is 3.86. The van der Waals surface area contributed by atoms with Crippen LogP contribution in [0.3, 0.4) is 0 Å². The monoisotopic (exact) mass is 387 g/mol. The first-order valence-electron chi connectivity index (χ1n) is 8.78. The maximum absolute atomic E-state index is 13.8. The zero-order valence-electron chi connectivity index (χ0n) is 16.0. The average Bonchev–Trinajstić information content (AvgIpc) is 2.98. The molecule has 28 heavy (non-hydrogen) atoms. The number of hydrogen-bond acceptors (Lipinski definition) is 2. The van der Waals surface area contributed by atoms with Crippen LogP contribution in [0.4, 0.5) is 13.2 Å². The van der Waals surface area contributed by atoms with Crippen LogP contribution in [0.25, 0.3) is 11.0 Å². The van der Waals surface area contributed by atoms with E-state index in [9.17, 15) is 18.0 Å². The summed E-state index contributed by atoms with van der Waals surface area (Å²) >= 11 is 0. The Morgan fingerprint density at radius 1 is 1.00 bits per heavy atom. The Balaban J connectivity index is 2.42. The van der Waals surface area contributed by atoms with Gasteiger partial charge in [-0.05, 0) is 23.1 Å². The average molecular weight is 387 g/mol. The molecule has 6 heteroatoms. The fourth-order valence-corrected chi connectivity index (χ4v) is 3.02. The molecule has 0 saturated carbocycles. The first-order valence-corrected chi connectivity index (χ1v) is 8.78. The highest BCUT2D eigenvalue weighted by Gasteiger charge is 2.41. The predicted octanol–water partition coefficient (Wildman–Crippen LogP) is 6.13. The van der Waals surface area contributed by atoms with Gasteiger partial charge in [-0.2, -0.15) is 13.2 Å². The molecule has 0 spiro atoms. The number of alkyl halides is 3. The quantitative estimate of drug-likeness (QED) is 0.496. The Labute approximate surface area is 160 Å². The molecule has 0 aliphatic carbocycles. The summed E-state index contributed by atoms with van der Waals surface area (Å²) in [6.07, 6.45) is -4.73. The Morgan fingerprint density at radius 2 is 1.64 bits per heavy atom. The van der Waals surface area contributed by atoms with E-state index in [4.69, 9.17) is 4.42 Å². The molecule has 0 unspecified atom stereocenters. The molecule has 3 nitrogen and oxygen atoms in total. The second kappa shape index (κ2) is 6.93. The lowest BCUT2D eigenvalue weighted by Crippen LogP contribution is -2.14. The molecule has 1 aromatic heterocycles. The smallest absolute Gasteiger partial charge is 0.450 e. The van der Waals surface area contributed by atoms with Gasteiger partial charge < -0.3 is 4.42 Å². The summed E-state index contributed by atoms with van der Waals surface area (Å²) in [5.74, 6) is -1.74. The summed E-state index contributed by atoms with van der Waals surface area (Å²) in [5, 5.41) is 0.281. The van der Waals surface area contributed by atoms with E-state index in [0.717, 1.165) is 5.56 Å². The zero-order chi connectivity index (χ0) is 20.7. The first kappa shape index (κ1) is 19.9. The highest BCUT2D eigenvalue weighted by Crippen LogP contribution is 2.40. The number of rotatable bonds is 2. The topological polar surface area (TPSA) is 42.6 Å². The van der Waals surface area contributed by atoms with Crippen LogP contribution in [0.15, 0.2) is 57.9 Å². The van der Waals surface area contributed by atoms with E-state index in [1.165, 1.54) is 13.0 Å². The van der Waals surface area contributed by atoms with Crippen LogP contribution in [-0.4, -0.2) is 11.6 Å². The molecule has 0 aliphatic heterocycles. The van der Waals surface area contributed by atoms with Crippen molar-refractivity contribution in [3.8, 4) is 0 Å². The van der Waals surface area contributed by atoms with Crippen molar-refractivity contribution in [2.24, 2.45) is 4.99 Å². The van der Waals surface area contributed by atoms with Crippen LogP contribution < -0.4 is 0 Å². The number of aliphatic imine (C=N–C) groups is 1. The van der Waals surface area contributed by atoms with Gasteiger partial charge in [-0.25, -0.2) is 4.99 Å². The molecule has 0 N–H and O–H groups in total. The maximum Gasteiger partial charge on any atom is 0.450 e. The highest BCUT2D eigenvalue weighted by atomic mass is 19.4. The van der Waals surface area contributed by atoms with E-state index in [2.05, 4.69) is 4.99 Å². The molecule has 0 saturated heterocycles. The van der Waals surface area contributed by atoms with Crippen molar-refractivity contribution < 1.29 is 22.4 Å². The number of halogens is 3. The third-order valence-corrected chi connectivity index (χ3v) is 4.36. The van der Waals surface area contributed by atoms with Crippen molar-refractivity contribution >= 4 is 22.6 Å². The van der Waals surface area contributed by atoms with Crippen molar-refractivity contribution in [3.63, 3.8) is 0 Å². The minimum atomic E-state index is -4.73. The summed E-state index contributed by atoms with van der Waals surface area (Å²) in [7, 11) is 0. The Morgan fingerprint density at radius 3 is 2.18 bits per heavy atom. The number of carbonyl (C=O) groups excluding carboxylic acids is 1. The number of hydrogen-bond donors (Lipinski definition) is 0. The highest BCUT2D eigenvalue weighted by molar-refractivity contribution is 6.22. The number of fused-ring (bicyclic) bond motifs is 1. The Hall–Kier alpha value is -2.89. The van der Waals surface area contributed by atoms with Gasteiger partial charge in [0, 0.05) is 17.9 Å². The molecule has 3 rings (SSSR count). The van der Waals surface area contributed by atoms with E-state index < -0.39 is 17.8 Å². The normalized spacial score (nSPS) is 13.2. The van der Waals surface area contributed by atoms with Crippen LogP contribution >= 0.6 is 0 Å². The molecular weight excluding hydrogens is 367 g/mol. The van der Waals surface area contributed by atoms with Gasteiger partial charge in [-0.15, -0.1) is 0 Å². The molecule has 0 fully saturated rings. The summed E-state index contributed by atoms with van der Waals surface area (Å²) in [4.78, 5) is 15.7. The fourth-order valence-electron chi connectivity index (χ4n) is 3.02. The minimum Gasteiger partial charge on any atom is -0.451 e. The number of benzene rings is 2. The van der Waals surface area contributed by atoms with Gasteiger partial charge in [0.05, 0.1) is 11.3 Å². The SMILES string of the molecule is CC(=O)N=C(c1ccccc1)c1c(C(F)(F)F)oc2ccc(C(C)(C)C)cc12. The molecule has 2 aromatic carbocycles. The minimum absolute atomic E-state index is 0.0507. The second-order valence-corrected chi connectivity index (χ2v) is 7.61. The van der Waals surface area contributed by atoms with E-state index in [-0.39, 0.29) is 27.7 Å². The van der Waals surface area contributed by atoms with Crippen molar-refractivity contribution in [1.82, 2.24) is 0 Å². The van der Waals surface area contributed by atoms with Gasteiger partial charge in [0.2, 0.25) is 11.7 Å². The zero-order valence-corrected chi connectivity index (χ0v) is 16.0. The number of amides is 1. The van der Waals surface area contributed by atoms with E-state index in [1.54, 1.807) is 42.5 Å². The van der Waals surface area contributed by atoms with Crippen molar-refractivity contribution in [1.29, 1.82) is 0 Å². The summed E-state index contributed by atoms with van der Waals surface area (Å²) in [6, 6.07) is 13.3. The van der Waals surface area contributed by atoms with Crippen molar-refractivity contribution in [2.45, 2.75) is 39.3 Å². The van der Waals surface area contributed by atoms with E-state index in [1.807, 2.05) is 20.8 Å². The maximum atomic E-state index is 13.8. The summed E-state index contributed by atoms with van der Waals surface area (Å²) < 4.78 is 46.6. The third-order valence-electron chi connectivity index (χ3n) is 4.36. The van der Waals surface area contributed by atoms with Crippen LogP contribution in [0.5, 0.6) is 0 Å². The lowest BCUT2D eigenvalue weighted by Gasteiger charge is -2.19. The van der Waals surface area contributed by atoms with Crippen LogP contribution in [-0.2, 0) is 16.4 Å². The van der Waals surface area contributed by atoms with Crippen molar-refractivity contribution in [3.05, 3.63) is 71.0 Å². The molecule has 0 bridgehead atoms. The van der Waals surface area contributed by atoms with Gasteiger partial charge in [0.15, 0.2) is 0 Å². The number of carbonyl (C=O) groups is 1. The van der Waals surface area contributed by atoms with Crippen LogP contribution in [0.2, 0.25) is 0 Å². The fraction of sp³-hybridized carbons (Fsp3) is 0.273. The molecule has 0 radical (unpaired) electrons. The molecule has 1 amide bonds. The lowest BCUT2D eigenvalue weighted by molar-refractivity contribution is -0.152. The molecule has 0 aliphatic rings. The predicted molar refractivity (Wildman–Crippen MR) is 103 cm³/mol. The number of nitrogens with zero attached hydrogens (tertiary/aromatic N) is 1. The van der Waals surface area contributed by atoms with Gasteiger partial charge >= 0.3 is 6.18 Å². The number of furan rings is 1. The molecule has 146 valence electrons. The Kier molecular flexibility index (Phi) is 4.91. The van der Waals surface area contributed by atoms with Crippen LogP contribution in [0.1, 0.15) is 50.1 Å².